The number of carbonyl (C=O) groups is 1. The van der Waals surface area contributed by atoms with E-state index in [0.717, 1.165) is 19.4 Å². The van der Waals surface area contributed by atoms with Crippen LogP contribution in [0.1, 0.15) is 19.8 Å². The molecule has 1 saturated heterocycles. The number of nitrogens with one attached hydrogen (secondary N) is 1. The van der Waals surface area contributed by atoms with Crippen LogP contribution in [0.15, 0.2) is 18.2 Å². The molecule has 4 N–H and O–H groups in total. The number of hydrogen-bond donors (Lipinski definition) is 3. The van der Waals surface area contributed by atoms with Crippen LogP contribution in [-0.2, 0) is 4.79 Å². The van der Waals surface area contributed by atoms with Crippen LogP contribution < -0.4 is 11.1 Å². The third kappa shape index (κ3) is 3.92. The zero-order valence-electron chi connectivity index (χ0n) is 12.2. The third-order valence-corrected chi connectivity index (χ3v) is 4.01. The van der Waals surface area contributed by atoms with Crippen molar-refractivity contribution in [1.29, 1.82) is 0 Å². The largest absolute Gasteiger partial charge is 0.397 e. The van der Waals surface area contributed by atoms with E-state index in [0.29, 0.717) is 12.2 Å². The van der Waals surface area contributed by atoms with E-state index in [1.54, 1.807) is 0 Å². The number of halogens is 1. The Bertz CT molecular complexity index is 510. The van der Waals surface area contributed by atoms with Gasteiger partial charge in [-0.05, 0) is 50.4 Å². The molecular formula is C15H22FN3O2. The number of piperidine rings is 1. The molecule has 1 aromatic rings. The second-order valence-corrected chi connectivity index (χ2v) is 5.58. The smallest absolute Gasteiger partial charge is 0.241 e. The number of anilines is 2. The summed E-state index contributed by atoms with van der Waals surface area (Å²) >= 11 is 0. The number of hydrogen-bond acceptors (Lipinski definition) is 4. The summed E-state index contributed by atoms with van der Waals surface area (Å²) in [4.78, 5) is 14.3. The fourth-order valence-electron chi connectivity index (χ4n) is 2.65. The maximum Gasteiger partial charge on any atom is 0.241 e. The molecule has 0 aromatic heterocycles. The molecule has 1 fully saturated rings. The van der Waals surface area contributed by atoms with Gasteiger partial charge < -0.3 is 16.2 Å². The molecule has 2 unspecified atom stereocenters. The van der Waals surface area contributed by atoms with Crippen LogP contribution in [-0.4, -0.2) is 41.7 Å². The van der Waals surface area contributed by atoms with Crippen molar-refractivity contribution in [2.75, 3.05) is 30.7 Å². The van der Waals surface area contributed by atoms with Crippen molar-refractivity contribution in [3.8, 4) is 0 Å². The highest BCUT2D eigenvalue weighted by atomic mass is 19.1. The first-order valence-electron chi connectivity index (χ1n) is 7.22. The van der Waals surface area contributed by atoms with E-state index in [9.17, 15) is 14.3 Å². The quantitative estimate of drug-likeness (QED) is 0.734. The Morgan fingerprint density at radius 1 is 1.62 bits per heavy atom. The van der Waals surface area contributed by atoms with E-state index < -0.39 is 5.82 Å². The lowest BCUT2D eigenvalue weighted by molar-refractivity contribution is -0.121. The Balaban J connectivity index is 1.99. The monoisotopic (exact) mass is 295 g/mol. The Hall–Kier alpha value is -1.66. The van der Waals surface area contributed by atoms with Gasteiger partial charge in [-0.2, -0.15) is 0 Å². The number of nitrogen functional groups attached to an aromatic ring is 1. The minimum absolute atomic E-state index is 0.149. The molecule has 1 aromatic carbocycles. The standard InChI is InChI=1S/C15H22FN3O2/c1-10(19-6-2-3-11(8-19)9-20)15(21)18-14-5-4-12(16)7-13(14)17/h4-5,7,10-11,20H,2-3,6,8-9,17H2,1H3,(H,18,21). The zero-order chi connectivity index (χ0) is 15.4. The Morgan fingerprint density at radius 3 is 3.05 bits per heavy atom. The van der Waals surface area contributed by atoms with Gasteiger partial charge in [0.25, 0.3) is 0 Å². The molecule has 1 aliphatic rings. The highest BCUT2D eigenvalue weighted by Crippen LogP contribution is 2.21. The Morgan fingerprint density at radius 2 is 2.38 bits per heavy atom. The maximum absolute atomic E-state index is 13.0. The SMILES string of the molecule is CC(C(=O)Nc1ccc(F)cc1N)N1CCCC(CO)C1. The Kier molecular flexibility index (Phi) is 5.14. The summed E-state index contributed by atoms with van der Waals surface area (Å²) < 4.78 is 13.0. The topological polar surface area (TPSA) is 78.6 Å². The summed E-state index contributed by atoms with van der Waals surface area (Å²) in [6.45, 7) is 3.53. The summed E-state index contributed by atoms with van der Waals surface area (Å²) in [7, 11) is 0. The minimum atomic E-state index is -0.430. The average molecular weight is 295 g/mol. The summed E-state index contributed by atoms with van der Waals surface area (Å²) in [6, 6.07) is 3.59. The predicted molar refractivity (Wildman–Crippen MR) is 80.3 cm³/mol. The number of likely N-dealkylation sites (tertiary alicyclic amines) is 1. The van der Waals surface area contributed by atoms with E-state index in [1.165, 1.54) is 18.2 Å². The normalized spacial score (nSPS) is 21.0. The fraction of sp³-hybridized carbons (Fsp3) is 0.533. The number of benzene rings is 1. The van der Waals surface area contributed by atoms with Gasteiger partial charge >= 0.3 is 0 Å². The number of carbonyl (C=O) groups excluding carboxylic acids is 1. The van der Waals surface area contributed by atoms with Crippen LogP contribution in [0.25, 0.3) is 0 Å². The van der Waals surface area contributed by atoms with Crippen molar-refractivity contribution < 1.29 is 14.3 Å². The van der Waals surface area contributed by atoms with Gasteiger partial charge in [0.1, 0.15) is 5.82 Å². The number of aliphatic hydroxyl groups excluding tert-OH is 1. The summed E-state index contributed by atoms with van der Waals surface area (Å²) in [6.07, 6.45) is 1.97. The minimum Gasteiger partial charge on any atom is -0.397 e. The number of aliphatic hydroxyl groups is 1. The highest BCUT2D eigenvalue weighted by molar-refractivity contribution is 5.97. The van der Waals surface area contributed by atoms with Gasteiger partial charge in [0.05, 0.1) is 17.4 Å². The maximum atomic E-state index is 13.0. The van der Waals surface area contributed by atoms with E-state index in [2.05, 4.69) is 10.2 Å². The number of amides is 1. The molecule has 2 rings (SSSR count). The summed E-state index contributed by atoms with van der Waals surface area (Å²) in [5, 5.41) is 12.0. The van der Waals surface area contributed by atoms with Crippen molar-refractivity contribution in [3.05, 3.63) is 24.0 Å². The molecule has 2 atom stereocenters. The van der Waals surface area contributed by atoms with Crippen molar-refractivity contribution in [1.82, 2.24) is 4.90 Å². The molecule has 0 saturated carbocycles. The lowest BCUT2D eigenvalue weighted by Crippen LogP contribution is -2.47. The molecule has 1 aliphatic heterocycles. The molecule has 0 bridgehead atoms. The lowest BCUT2D eigenvalue weighted by atomic mass is 9.97. The van der Waals surface area contributed by atoms with E-state index in [4.69, 9.17) is 5.73 Å². The predicted octanol–water partition coefficient (Wildman–Crippen LogP) is 1.44. The molecule has 0 radical (unpaired) electrons. The van der Waals surface area contributed by atoms with Crippen LogP contribution in [0.3, 0.4) is 0 Å². The molecule has 0 aliphatic carbocycles. The molecule has 1 heterocycles. The van der Waals surface area contributed by atoms with Crippen LogP contribution in [0.4, 0.5) is 15.8 Å². The van der Waals surface area contributed by atoms with Crippen molar-refractivity contribution in [3.63, 3.8) is 0 Å². The zero-order valence-corrected chi connectivity index (χ0v) is 12.2. The van der Waals surface area contributed by atoms with Crippen LogP contribution in [0.2, 0.25) is 0 Å². The van der Waals surface area contributed by atoms with Crippen molar-refractivity contribution >= 4 is 17.3 Å². The number of rotatable bonds is 4. The van der Waals surface area contributed by atoms with Gasteiger partial charge in [-0.1, -0.05) is 0 Å². The second-order valence-electron chi connectivity index (χ2n) is 5.58. The Labute approximate surface area is 123 Å². The van der Waals surface area contributed by atoms with Crippen LogP contribution in [0, 0.1) is 11.7 Å². The van der Waals surface area contributed by atoms with E-state index >= 15 is 0 Å². The first kappa shape index (κ1) is 15.7. The van der Waals surface area contributed by atoms with Gasteiger partial charge in [0.15, 0.2) is 0 Å². The van der Waals surface area contributed by atoms with Crippen LogP contribution in [0.5, 0.6) is 0 Å². The summed E-state index contributed by atoms with van der Waals surface area (Å²) in [5.74, 6) is -0.378. The summed E-state index contributed by atoms with van der Waals surface area (Å²) in [5.41, 5.74) is 6.32. The van der Waals surface area contributed by atoms with Gasteiger partial charge in [0, 0.05) is 13.2 Å². The highest BCUT2D eigenvalue weighted by Gasteiger charge is 2.27. The average Bonchev–Trinajstić information content (AvgIpc) is 2.49. The van der Waals surface area contributed by atoms with Gasteiger partial charge in [0.2, 0.25) is 5.91 Å². The van der Waals surface area contributed by atoms with Gasteiger partial charge in [-0.25, -0.2) is 4.39 Å². The molecule has 0 spiro atoms. The number of nitrogens with zero attached hydrogens (tertiary/aromatic N) is 1. The molecule has 116 valence electrons. The van der Waals surface area contributed by atoms with E-state index in [-0.39, 0.29) is 30.2 Å². The number of nitrogens with two attached hydrogens (primary N) is 1. The first-order chi connectivity index (χ1) is 10.0. The molecule has 1 amide bonds. The molecule has 21 heavy (non-hydrogen) atoms. The molecule has 6 heteroatoms. The first-order valence-corrected chi connectivity index (χ1v) is 7.22. The molecular weight excluding hydrogens is 273 g/mol. The van der Waals surface area contributed by atoms with Crippen molar-refractivity contribution in [2.24, 2.45) is 5.92 Å². The fourth-order valence-corrected chi connectivity index (χ4v) is 2.65. The van der Waals surface area contributed by atoms with Gasteiger partial charge in [-0.3, -0.25) is 9.69 Å². The molecule has 5 nitrogen and oxygen atoms in total. The lowest BCUT2D eigenvalue weighted by Gasteiger charge is -2.35. The van der Waals surface area contributed by atoms with Gasteiger partial charge in [-0.15, -0.1) is 0 Å². The second kappa shape index (κ2) is 6.87. The van der Waals surface area contributed by atoms with Crippen molar-refractivity contribution in [2.45, 2.75) is 25.8 Å². The van der Waals surface area contributed by atoms with E-state index in [1.807, 2.05) is 6.92 Å². The third-order valence-electron chi connectivity index (χ3n) is 4.01. The van der Waals surface area contributed by atoms with Crippen LogP contribution >= 0.6 is 0 Å².